The van der Waals surface area contributed by atoms with Gasteiger partial charge in [0.15, 0.2) is 0 Å². The van der Waals surface area contributed by atoms with E-state index in [0.717, 1.165) is 41.9 Å². The SMILES string of the molecule is CC(=O)Nc1ccc(Nc2nc3ccc(C(=O)N(CC(C)C)CC(C)C)cc3n2CCCN)cc1. The minimum absolute atomic E-state index is 0.0453. The number of carbonyl (C=O) groups excluding carboxylic acids is 2. The van der Waals surface area contributed by atoms with E-state index >= 15 is 0 Å². The minimum atomic E-state index is -0.111. The summed E-state index contributed by atoms with van der Waals surface area (Å²) in [5.74, 6) is 1.41. The number of anilines is 3. The summed E-state index contributed by atoms with van der Waals surface area (Å²) in [7, 11) is 0. The summed E-state index contributed by atoms with van der Waals surface area (Å²) < 4.78 is 2.08. The molecule has 1 aromatic heterocycles. The van der Waals surface area contributed by atoms with Crippen LogP contribution >= 0.6 is 0 Å². The third kappa shape index (κ3) is 7.05. The van der Waals surface area contributed by atoms with E-state index in [-0.39, 0.29) is 11.8 Å². The lowest BCUT2D eigenvalue weighted by Gasteiger charge is -2.26. The van der Waals surface area contributed by atoms with Crippen LogP contribution in [-0.4, -0.2) is 45.9 Å². The molecule has 8 heteroatoms. The number of hydrogen-bond donors (Lipinski definition) is 3. The maximum absolute atomic E-state index is 13.4. The van der Waals surface area contributed by atoms with Crippen molar-refractivity contribution < 1.29 is 9.59 Å². The van der Waals surface area contributed by atoms with Gasteiger partial charge >= 0.3 is 0 Å². The number of aromatic nitrogens is 2. The molecule has 0 saturated carbocycles. The van der Waals surface area contributed by atoms with Crippen LogP contribution in [0.2, 0.25) is 0 Å². The van der Waals surface area contributed by atoms with Gasteiger partial charge in [-0.15, -0.1) is 0 Å². The molecule has 35 heavy (non-hydrogen) atoms. The number of aryl methyl sites for hydroxylation is 1. The molecule has 0 fully saturated rings. The zero-order valence-corrected chi connectivity index (χ0v) is 21.5. The van der Waals surface area contributed by atoms with Gasteiger partial charge in [-0.05, 0) is 67.3 Å². The summed E-state index contributed by atoms with van der Waals surface area (Å²) in [6.07, 6.45) is 0.784. The first kappa shape index (κ1) is 26.2. The monoisotopic (exact) mass is 478 g/mol. The van der Waals surface area contributed by atoms with Crippen molar-refractivity contribution in [3.05, 3.63) is 48.0 Å². The van der Waals surface area contributed by atoms with Crippen molar-refractivity contribution in [3.8, 4) is 0 Å². The third-order valence-corrected chi connectivity index (χ3v) is 5.50. The van der Waals surface area contributed by atoms with Crippen molar-refractivity contribution >= 4 is 40.2 Å². The molecule has 0 spiro atoms. The number of carbonyl (C=O) groups is 2. The number of nitrogens with two attached hydrogens (primary N) is 1. The van der Waals surface area contributed by atoms with Gasteiger partial charge in [-0.3, -0.25) is 9.59 Å². The Labute approximate surface area is 207 Å². The summed E-state index contributed by atoms with van der Waals surface area (Å²) in [6, 6.07) is 13.2. The average molecular weight is 479 g/mol. The lowest BCUT2D eigenvalue weighted by atomic mass is 10.1. The maximum atomic E-state index is 13.4. The Morgan fingerprint density at radius 2 is 1.63 bits per heavy atom. The van der Waals surface area contributed by atoms with Gasteiger partial charge in [0.2, 0.25) is 11.9 Å². The fourth-order valence-electron chi connectivity index (χ4n) is 4.10. The molecule has 0 aliphatic carbocycles. The lowest BCUT2D eigenvalue weighted by Crippen LogP contribution is -2.37. The molecule has 0 atom stereocenters. The van der Waals surface area contributed by atoms with E-state index in [2.05, 4.69) is 42.9 Å². The molecule has 4 N–H and O–H groups in total. The summed E-state index contributed by atoms with van der Waals surface area (Å²) >= 11 is 0. The topological polar surface area (TPSA) is 105 Å². The van der Waals surface area contributed by atoms with Gasteiger partial charge in [0.25, 0.3) is 5.91 Å². The van der Waals surface area contributed by atoms with Gasteiger partial charge in [-0.25, -0.2) is 4.98 Å². The number of hydrogen-bond acceptors (Lipinski definition) is 5. The smallest absolute Gasteiger partial charge is 0.253 e. The fourth-order valence-corrected chi connectivity index (χ4v) is 4.10. The zero-order chi connectivity index (χ0) is 25.5. The molecule has 1 heterocycles. The van der Waals surface area contributed by atoms with E-state index in [1.54, 1.807) is 0 Å². The molecule has 0 radical (unpaired) electrons. The van der Waals surface area contributed by atoms with Crippen LogP contribution in [0.1, 0.15) is 51.4 Å². The van der Waals surface area contributed by atoms with E-state index in [4.69, 9.17) is 10.7 Å². The summed E-state index contributed by atoms with van der Waals surface area (Å²) in [6.45, 7) is 12.7. The summed E-state index contributed by atoms with van der Waals surface area (Å²) in [4.78, 5) is 31.4. The number of rotatable bonds is 11. The molecule has 188 valence electrons. The van der Waals surface area contributed by atoms with Crippen LogP contribution in [0.15, 0.2) is 42.5 Å². The minimum Gasteiger partial charge on any atom is -0.338 e. The van der Waals surface area contributed by atoms with Crippen molar-refractivity contribution in [3.63, 3.8) is 0 Å². The number of amides is 2. The Kier molecular flexibility index (Phi) is 8.87. The van der Waals surface area contributed by atoms with Gasteiger partial charge in [-0.1, -0.05) is 27.7 Å². The normalized spacial score (nSPS) is 11.3. The van der Waals surface area contributed by atoms with Crippen molar-refractivity contribution in [2.45, 2.75) is 47.6 Å². The van der Waals surface area contributed by atoms with Crippen LogP contribution in [0.25, 0.3) is 11.0 Å². The number of nitrogens with zero attached hydrogens (tertiary/aromatic N) is 3. The lowest BCUT2D eigenvalue weighted by molar-refractivity contribution is -0.114. The Bertz CT molecular complexity index is 1140. The number of imidazole rings is 1. The Morgan fingerprint density at radius 3 is 2.20 bits per heavy atom. The third-order valence-electron chi connectivity index (χ3n) is 5.50. The highest BCUT2D eigenvalue weighted by Crippen LogP contribution is 2.26. The van der Waals surface area contributed by atoms with Crippen molar-refractivity contribution in [1.29, 1.82) is 0 Å². The molecule has 0 saturated heterocycles. The number of nitrogens with one attached hydrogen (secondary N) is 2. The predicted octanol–water partition coefficient (Wildman–Crippen LogP) is 4.84. The molecule has 0 aliphatic heterocycles. The molecular formula is C27H38N6O2. The highest BCUT2D eigenvalue weighted by molar-refractivity contribution is 5.98. The summed E-state index contributed by atoms with van der Waals surface area (Å²) in [5.41, 5.74) is 9.77. The molecule has 3 rings (SSSR count). The van der Waals surface area contributed by atoms with Gasteiger partial charge in [0, 0.05) is 43.5 Å². The first-order valence-electron chi connectivity index (χ1n) is 12.3. The molecule has 0 unspecified atom stereocenters. The van der Waals surface area contributed by atoms with E-state index in [9.17, 15) is 9.59 Å². The van der Waals surface area contributed by atoms with E-state index in [0.29, 0.717) is 36.4 Å². The second kappa shape index (κ2) is 11.8. The van der Waals surface area contributed by atoms with Crippen LogP contribution in [-0.2, 0) is 11.3 Å². The van der Waals surface area contributed by atoms with Crippen molar-refractivity contribution in [2.24, 2.45) is 17.6 Å². The van der Waals surface area contributed by atoms with Gasteiger partial charge in [0.05, 0.1) is 11.0 Å². The Hall–Kier alpha value is -3.39. The van der Waals surface area contributed by atoms with Crippen LogP contribution in [0.3, 0.4) is 0 Å². The predicted molar refractivity (Wildman–Crippen MR) is 143 cm³/mol. The molecule has 2 amide bonds. The van der Waals surface area contributed by atoms with Gasteiger partial charge in [0.1, 0.15) is 0 Å². The summed E-state index contributed by atoms with van der Waals surface area (Å²) in [5, 5.41) is 6.15. The van der Waals surface area contributed by atoms with E-state index < -0.39 is 0 Å². The molecule has 2 aromatic carbocycles. The van der Waals surface area contributed by atoms with Gasteiger partial charge < -0.3 is 25.8 Å². The zero-order valence-electron chi connectivity index (χ0n) is 21.5. The molecule has 3 aromatic rings. The van der Waals surface area contributed by atoms with Crippen LogP contribution in [0.4, 0.5) is 17.3 Å². The van der Waals surface area contributed by atoms with Crippen LogP contribution in [0, 0.1) is 11.8 Å². The van der Waals surface area contributed by atoms with Crippen molar-refractivity contribution in [1.82, 2.24) is 14.5 Å². The van der Waals surface area contributed by atoms with Crippen LogP contribution < -0.4 is 16.4 Å². The Morgan fingerprint density at radius 1 is 1.00 bits per heavy atom. The fraction of sp³-hybridized carbons (Fsp3) is 0.444. The van der Waals surface area contributed by atoms with E-state index in [1.165, 1.54) is 6.92 Å². The molecule has 0 bridgehead atoms. The molecule has 0 aliphatic rings. The first-order chi connectivity index (χ1) is 16.7. The first-order valence-corrected chi connectivity index (χ1v) is 12.3. The second-order valence-corrected chi connectivity index (χ2v) is 9.81. The number of fused-ring (bicyclic) bond motifs is 1. The Balaban J connectivity index is 1.94. The standard InChI is InChI=1S/C27H38N6O2/c1-18(2)16-32(17-19(3)4)26(35)21-7-12-24-25(15-21)33(14-6-13-28)27(31-24)30-23-10-8-22(9-11-23)29-20(5)34/h7-12,15,18-19H,6,13-14,16-17,28H2,1-5H3,(H,29,34)(H,30,31). The van der Waals surface area contributed by atoms with Crippen molar-refractivity contribution in [2.75, 3.05) is 30.3 Å². The van der Waals surface area contributed by atoms with Crippen LogP contribution in [0.5, 0.6) is 0 Å². The second-order valence-electron chi connectivity index (χ2n) is 9.81. The highest BCUT2D eigenvalue weighted by Gasteiger charge is 2.20. The maximum Gasteiger partial charge on any atom is 0.253 e. The highest BCUT2D eigenvalue weighted by atomic mass is 16.2. The molecular weight excluding hydrogens is 440 g/mol. The van der Waals surface area contributed by atoms with E-state index in [1.807, 2.05) is 47.4 Å². The number of benzene rings is 2. The molecule has 8 nitrogen and oxygen atoms in total. The quantitative estimate of drug-likeness (QED) is 0.366. The largest absolute Gasteiger partial charge is 0.338 e. The average Bonchev–Trinajstić information content (AvgIpc) is 3.13. The van der Waals surface area contributed by atoms with Gasteiger partial charge in [-0.2, -0.15) is 0 Å².